The number of amides is 1. The Hall–Kier alpha value is -2.60. The molecule has 1 aliphatic rings. The largest absolute Gasteiger partial charge is 0.454 e. The summed E-state index contributed by atoms with van der Waals surface area (Å²) in [6.45, 7) is 1.56. The van der Waals surface area contributed by atoms with E-state index in [-0.39, 0.29) is 18.5 Å². The predicted molar refractivity (Wildman–Crippen MR) is 87.1 cm³/mol. The molecule has 2 aromatic carbocycles. The summed E-state index contributed by atoms with van der Waals surface area (Å²) < 4.78 is 24.0. The summed E-state index contributed by atoms with van der Waals surface area (Å²) in [5, 5.41) is 5.92. The highest BCUT2D eigenvalue weighted by Crippen LogP contribution is 2.32. The molecule has 1 aliphatic heterocycles. The zero-order valence-corrected chi connectivity index (χ0v) is 13.2. The van der Waals surface area contributed by atoms with E-state index in [0.29, 0.717) is 37.4 Å². The maximum atomic E-state index is 13.4. The molecule has 0 atom stereocenters. The highest BCUT2D eigenvalue weighted by Gasteiger charge is 2.13. The Bertz CT molecular complexity index is 721. The standard InChI is InChI=1S/C18H19FN2O3/c19-15-4-2-1-3-14(15)11-20-8-7-18(22)21-10-13-5-6-16-17(9-13)24-12-23-16/h1-6,9,20H,7-8,10-12H2,(H,21,22). The van der Waals surface area contributed by atoms with Crippen molar-refractivity contribution >= 4 is 5.91 Å². The van der Waals surface area contributed by atoms with Gasteiger partial charge in [0.1, 0.15) is 5.82 Å². The normalized spacial score (nSPS) is 12.2. The van der Waals surface area contributed by atoms with Gasteiger partial charge in [-0.3, -0.25) is 4.79 Å². The second kappa shape index (κ2) is 7.79. The van der Waals surface area contributed by atoms with E-state index in [1.165, 1.54) is 6.07 Å². The van der Waals surface area contributed by atoms with Gasteiger partial charge in [0, 0.05) is 31.6 Å². The van der Waals surface area contributed by atoms with Crippen LogP contribution in [-0.4, -0.2) is 19.2 Å². The fraction of sp³-hybridized carbons (Fsp3) is 0.278. The number of ether oxygens (including phenoxy) is 2. The Labute approximate surface area is 139 Å². The van der Waals surface area contributed by atoms with Crippen LogP contribution >= 0.6 is 0 Å². The van der Waals surface area contributed by atoms with E-state index in [2.05, 4.69) is 10.6 Å². The van der Waals surface area contributed by atoms with E-state index >= 15 is 0 Å². The first-order chi connectivity index (χ1) is 11.7. The molecule has 2 aromatic rings. The molecule has 0 unspecified atom stereocenters. The third-order valence-corrected chi connectivity index (χ3v) is 3.73. The third kappa shape index (κ3) is 4.23. The van der Waals surface area contributed by atoms with Gasteiger partial charge in [0.05, 0.1) is 0 Å². The number of hydrogen-bond donors (Lipinski definition) is 2. The first kappa shape index (κ1) is 16.3. The second-order valence-electron chi connectivity index (χ2n) is 5.48. The lowest BCUT2D eigenvalue weighted by Crippen LogP contribution is -2.27. The number of nitrogens with one attached hydrogen (secondary N) is 2. The lowest BCUT2D eigenvalue weighted by Gasteiger charge is -2.08. The SMILES string of the molecule is O=C(CCNCc1ccccc1F)NCc1ccc2c(c1)OCO2. The van der Waals surface area contributed by atoms with Crippen molar-refractivity contribution in [1.29, 1.82) is 0 Å². The van der Waals surface area contributed by atoms with Crippen molar-refractivity contribution in [2.75, 3.05) is 13.3 Å². The smallest absolute Gasteiger partial charge is 0.231 e. The van der Waals surface area contributed by atoms with Gasteiger partial charge in [-0.05, 0) is 23.8 Å². The van der Waals surface area contributed by atoms with E-state index in [9.17, 15) is 9.18 Å². The Morgan fingerprint density at radius 1 is 1.08 bits per heavy atom. The predicted octanol–water partition coefficient (Wildman–Crippen LogP) is 2.35. The minimum atomic E-state index is -0.239. The first-order valence-electron chi connectivity index (χ1n) is 7.82. The Morgan fingerprint density at radius 2 is 1.92 bits per heavy atom. The van der Waals surface area contributed by atoms with Crippen molar-refractivity contribution < 1.29 is 18.7 Å². The molecule has 1 heterocycles. The van der Waals surface area contributed by atoms with Crippen LogP contribution in [0.2, 0.25) is 0 Å². The van der Waals surface area contributed by atoms with Crippen molar-refractivity contribution in [2.45, 2.75) is 19.5 Å². The van der Waals surface area contributed by atoms with Crippen LogP contribution in [0.5, 0.6) is 11.5 Å². The number of fused-ring (bicyclic) bond motifs is 1. The lowest BCUT2D eigenvalue weighted by atomic mass is 10.2. The Morgan fingerprint density at radius 3 is 2.79 bits per heavy atom. The minimum Gasteiger partial charge on any atom is -0.454 e. The summed E-state index contributed by atoms with van der Waals surface area (Å²) in [6, 6.07) is 12.2. The average molecular weight is 330 g/mol. The van der Waals surface area contributed by atoms with Crippen LogP contribution in [0, 0.1) is 5.82 Å². The van der Waals surface area contributed by atoms with Crippen molar-refractivity contribution in [1.82, 2.24) is 10.6 Å². The van der Waals surface area contributed by atoms with Gasteiger partial charge in [0.25, 0.3) is 0 Å². The summed E-state index contributed by atoms with van der Waals surface area (Å²) in [6.07, 6.45) is 0.332. The monoisotopic (exact) mass is 330 g/mol. The van der Waals surface area contributed by atoms with E-state index < -0.39 is 0 Å². The number of carbonyl (C=O) groups excluding carboxylic acids is 1. The zero-order chi connectivity index (χ0) is 16.8. The molecule has 5 nitrogen and oxygen atoms in total. The first-order valence-corrected chi connectivity index (χ1v) is 7.82. The Balaban J connectivity index is 1.36. The average Bonchev–Trinajstić information content (AvgIpc) is 3.06. The van der Waals surface area contributed by atoms with Crippen LogP contribution < -0.4 is 20.1 Å². The van der Waals surface area contributed by atoms with Gasteiger partial charge in [0.15, 0.2) is 11.5 Å². The molecule has 0 saturated carbocycles. The maximum Gasteiger partial charge on any atom is 0.231 e. The van der Waals surface area contributed by atoms with Gasteiger partial charge in [-0.25, -0.2) is 4.39 Å². The zero-order valence-electron chi connectivity index (χ0n) is 13.2. The molecule has 1 amide bonds. The fourth-order valence-electron chi connectivity index (χ4n) is 2.41. The summed E-state index contributed by atoms with van der Waals surface area (Å²) in [5.74, 6) is 1.13. The van der Waals surface area contributed by atoms with Crippen molar-refractivity contribution in [3.8, 4) is 11.5 Å². The van der Waals surface area contributed by atoms with Gasteiger partial charge in [0.2, 0.25) is 12.7 Å². The van der Waals surface area contributed by atoms with E-state index in [4.69, 9.17) is 9.47 Å². The molecule has 0 aromatic heterocycles. The number of hydrogen-bond acceptors (Lipinski definition) is 4. The van der Waals surface area contributed by atoms with Gasteiger partial charge >= 0.3 is 0 Å². The van der Waals surface area contributed by atoms with Crippen molar-refractivity contribution in [2.24, 2.45) is 0 Å². The highest BCUT2D eigenvalue weighted by molar-refractivity contribution is 5.76. The topological polar surface area (TPSA) is 59.6 Å². The summed E-state index contributed by atoms with van der Waals surface area (Å²) in [7, 11) is 0. The van der Waals surface area contributed by atoms with E-state index in [1.54, 1.807) is 18.2 Å². The lowest BCUT2D eigenvalue weighted by molar-refractivity contribution is -0.121. The number of halogens is 1. The molecule has 3 rings (SSSR count). The second-order valence-corrected chi connectivity index (χ2v) is 5.48. The molecule has 24 heavy (non-hydrogen) atoms. The molecule has 0 spiro atoms. The fourth-order valence-corrected chi connectivity index (χ4v) is 2.41. The van der Waals surface area contributed by atoms with Gasteiger partial charge in [-0.2, -0.15) is 0 Å². The van der Waals surface area contributed by atoms with Crippen molar-refractivity contribution in [3.05, 3.63) is 59.4 Å². The number of benzene rings is 2. The highest BCUT2D eigenvalue weighted by atomic mass is 19.1. The number of rotatable bonds is 7. The molecule has 0 radical (unpaired) electrons. The van der Waals surface area contributed by atoms with Crippen LogP contribution in [-0.2, 0) is 17.9 Å². The quantitative estimate of drug-likeness (QED) is 0.765. The molecule has 0 bridgehead atoms. The van der Waals surface area contributed by atoms with Crippen LogP contribution in [0.4, 0.5) is 4.39 Å². The molecular formula is C18H19FN2O3. The third-order valence-electron chi connectivity index (χ3n) is 3.73. The molecular weight excluding hydrogens is 311 g/mol. The Kier molecular flexibility index (Phi) is 5.28. The molecule has 0 aliphatic carbocycles. The molecule has 2 N–H and O–H groups in total. The van der Waals surface area contributed by atoms with Crippen LogP contribution in [0.1, 0.15) is 17.5 Å². The van der Waals surface area contributed by atoms with Crippen LogP contribution in [0.15, 0.2) is 42.5 Å². The van der Waals surface area contributed by atoms with E-state index in [1.807, 2.05) is 18.2 Å². The molecule has 126 valence electrons. The van der Waals surface area contributed by atoms with E-state index in [0.717, 1.165) is 11.3 Å². The number of carbonyl (C=O) groups is 1. The minimum absolute atomic E-state index is 0.0614. The maximum absolute atomic E-state index is 13.4. The molecule has 0 saturated heterocycles. The summed E-state index contributed by atoms with van der Waals surface area (Å²) in [4.78, 5) is 11.8. The van der Waals surface area contributed by atoms with Crippen LogP contribution in [0.3, 0.4) is 0 Å². The molecule has 0 fully saturated rings. The van der Waals surface area contributed by atoms with Gasteiger partial charge < -0.3 is 20.1 Å². The van der Waals surface area contributed by atoms with Crippen LogP contribution in [0.25, 0.3) is 0 Å². The van der Waals surface area contributed by atoms with Crippen molar-refractivity contribution in [3.63, 3.8) is 0 Å². The van der Waals surface area contributed by atoms with Gasteiger partial charge in [-0.1, -0.05) is 24.3 Å². The summed E-state index contributed by atoms with van der Waals surface area (Å²) >= 11 is 0. The molecule has 6 heteroatoms. The van der Waals surface area contributed by atoms with Gasteiger partial charge in [-0.15, -0.1) is 0 Å². The summed E-state index contributed by atoms with van der Waals surface area (Å²) in [5.41, 5.74) is 1.55.